The zero-order valence-corrected chi connectivity index (χ0v) is 25.4. The summed E-state index contributed by atoms with van der Waals surface area (Å²) in [4.78, 5) is 10.6. The van der Waals surface area contributed by atoms with Gasteiger partial charge in [0.05, 0.1) is 22.4 Å². The standard InChI is InChI=1S/C42H32N2/c1-41(2)33-11-7-5-9-29(33)31-19-15-27(23-35(31)41)37-21-17-25-13-14-26-18-22-38(44-40(26)39(25)43-37)28-16-20-32-30-10-6-8-12-34(30)42(3,4)36(32)24-28/h5-24H,1-4H3. The Balaban J connectivity index is 1.17. The Kier molecular flexibility index (Phi) is 5.05. The highest BCUT2D eigenvalue weighted by molar-refractivity contribution is 6.04. The molecule has 9 rings (SSSR count). The number of rotatable bonds is 2. The molecule has 5 aromatic carbocycles. The summed E-state index contributed by atoms with van der Waals surface area (Å²) >= 11 is 0. The van der Waals surface area contributed by atoms with Crippen molar-refractivity contribution < 1.29 is 0 Å². The number of fused-ring (bicyclic) bond motifs is 9. The van der Waals surface area contributed by atoms with Crippen LogP contribution in [0, 0.1) is 0 Å². The van der Waals surface area contributed by atoms with Gasteiger partial charge in [-0.3, -0.25) is 0 Å². The van der Waals surface area contributed by atoms with E-state index in [0.717, 1.165) is 44.3 Å². The number of hydrogen-bond acceptors (Lipinski definition) is 2. The summed E-state index contributed by atoms with van der Waals surface area (Å²) in [5.74, 6) is 0. The van der Waals surface area contributed by atoms with Crippen molar-refractivity contribution in [3.63, 3.8) is 0 Å². The molecule has 2 aliphatic carbocycles. The van der Waals surface area contributed by atoms with Gasteiger partial charge in [0, 0.05) is 32.7 Å². The van der Waals surface area contributed by atoms with E-state index in [-0.39, 0.29) is 10.8 Å². The van der Waals surface area contributed by atoms with E-state index in [1.807, 2.05) is 0 Å². The second kappa shape index (κ2) is 8.74. The van der Waals surface area contributed by atoms with Crippen molar-refractivity contribution in [1.82, 2.24) is 9.97 Å². The predicted molar refractivity (Wildman–Crippen MR) is 183 cm³/mol. The van der Waals surface area contributed by atoms with E-state index in [9.17, 15) is 0 Å². The van der Waals surface area contributed by atoms with Crippen LogP contribution in [-0.4, -0.2) is 9.97 Å². The fourth-order valence-corrected chi connectivity index (χ4v) is 7.82. The highest BCUT2D eigenvalue weighted by Gasteiger charge is 2.36. The Hall–Kier alpha value is -5.08. The molecule has 2 heteroatoms. The fourth-order valence-electron chi connectivity index (χ4n) is 7.82. The second-order valence-electron chi connectivity index (χ2n) is 13.5. The SMILES string of the molecule is CC1(C)c2ccccc2-c2ccc(-c3ccc4ccc5ccc(-c6ccc7c(c6)C(C)(C)c6ccccc6-7)nc5c4n3)cc21. The fraction of sp³-hybridized carbons (Fsp3) is 0.143. The molecule has 2 heterocycles. The quantitative estimate of drug-likeness (QED) is 0.195. The number of benzene rings is 5. The maximum Gasteiger partial charge on any atom is 0.0972 e. The van der Waals surface area contributed by atoms with Crippen LogP contribution in [0.25, 0.3) is 66.6 Å². The van der Waals surface area contributed by atoms with Crippen molar-refractivity contribution in [1.29, 1.82) is 0 Å². The summed E-state index contributed by atoms with van der Waals surface area (Å²) in [6.45, 7) is 9.31. The van der Waals surface area contributed by atoms with Gasteiger partial charge in [0.15, 0.2) is 0 Å². The lowest BCUT2D eigenvalue weighted by molar-refractivity contribution is 0.660. The molecule has 0 bridgehead atoms. The normalized spacial score (nSPS) is 15.2. The topological polar surface area (TPSA) is 25.8 Å². The maximum absolute atomic E-state index is 5.28. The zero-order valence-electron chi connectivity index (χ0n) is 25.4. The van der Waals surface area contributed by atoms with Crippen LogP contribution >= 0.6 is 0 Å². The molecular weight excluding hydrogens is 532 g/mol. The second-order valence-corrected chi connectivity index (χ2v) is 13.5. The summed E-state index contributed by atoms with van der Waals surface area (Å²) < 4.78 is 0. The van der Waals surface area contributed by atoms with Crippen molar-refractivity contribution in [2.45, 2.75) is 38.5 Å². The zero-order chi connectivity index (χ0) is 29.8. The smallest absolute Gasteiger partial charge is 0.0972 e. The first-order chi connectivity index (χ1) is 21.3. The third-order valence-corrected chi connectivity index (χ3v) is 10.3. The Morgan fingerprint density at radius 1 is 0.386 bits per heavy atom. The monoisotopic (exact) mass is 564 g/mol. The average molecular weight is 565 g/mol. The van der Waals surface area contributed by atoms with Gasteiger partial charge < -0.3 is 0 Å². The Morgan fingerprint density at radius 3 is 1.23 bits per heavy atom. The molecule has 0 aliphatic heterocycles. The van der Waals surface area contributed by atoms with E-state index < -0.39 is 0 Å². The molecule has 2 aromatic heterocycles. The van der Waals surface area contributed by atoms with Crippen LogP contribution < -0.4 is 0 Å². The van der Waals surface area contributed by atoms with Crippen molar-refractivity contribution in [2.24, 2.45) is 0 Å². The first-order valence-corrected chi connectivity index (χ1v) is 15.5. The van der Waals surface area contributed by atoms with E-state index in [0.29, 0.717) is 0 Å². The average Bonchev–Trinajstić information content (AvgIpc) is 3.43. The van der Waals surface area contributed by atoms with Crippen LogP contribution in [-0.2, 0) is 10.8 Å². The van der Waals surface area contributed by atoms with E-state index in [2.05, 4.69) is 149 Å². The van der Waals surface area contributed by atoms with Gasteiger partial charge in [0.25, 0.3) is 0 Å². The van der Waals surface area contributed by atoms with Crippen LogP contribution in [0.2, 0.25) is 0 Å². The molecule has 44 heavy (non-hydrogen) atoms. The Bertz CT molecular complexity index is 2170. The van der Waals surface area contributed by atoms with Crippen LogP contribution in [0.5, 0.6) is 0 Å². The van der Waals surface area contributed by atoms with Gasteiger partial charge in [-0.1, -0.05) is 125 Å². The minimum atomic E-state index is -0.0479. The minimum absolute atomic E-state index is 0.0479. The Labute approximate surface area is 258 Å². The van der Waals surface area contributed by atoms with Gasteiger partial charge in [0.2, 0.25) is 0 Å². The summed E-state index contributed by atoms with van der Waals surface area (Å²) in [7, 11) is 0. The number of hydrogen-bond donors (Lipinski definition) is 0. The van der Waals surface area contributed by atoms with Gasteiger partial charge >= 0.3 is 0 Å². The van der Waals surface area contributed by atoms with Gasteiger partial charge in [0.1, 0.15) is 0 Å². The first-order valence-electron chi connectivity index (χ1n) is 15.5. The van der Waals surface area contributed by atoms with Crippen molar-refractivity contribution >= 4 is 21.8 Å². The molecule has 0 saturated carbocycles. The molecular formula is C42H32N2. The third-order valence-electron chi connectivity index (χ3n) is 10.3. The molecule has 0 saturated heterocycles. The Morgan fingerprint density at radius 2 is 0.773 bits per heavy atom. The first kappa shape index (κ1) is 25.4. The summed E-state index contributed by atoms with van der Waals surface area (Å²) in [5.41, 5.74) is 16.8. The van der Waals surface area contributed by atoms with Crippen molar-refractivity contribution in [3.05, 3.63) is 144 Å². The van der Waals surface area contributed by atoms with E-state index >= 15 is 0 Å². The molecule has 0 spiro atoms. The van der Waals surface area contributed by atoms with E-state index in [4.69, 9.17) is 9.97 Å². The highest BCUT2D eigenvalue weighted by Crippen LogP contribution is 2.50. The molecule has 2 aliphatic rings. The number of aromatic nitrogens is 2. The summed E-state index contributed by atoms with van der Waals surface area (Å²) in [6, 6.07) is 44.3. The number of pyridine rings is 2. The molecule has 0 unspecified atom stereocenters. The molecule has 0 fully saturated rings. The molecule has 0 amide bonds. The minimum Gasteiger partial charge on any atom is -0.245 e. The highest BCUT2D eigenvalue weighted by atomic mass is 14.8. The summed E-state index contributed by atoms with van der Waals surface area (Å²) in [5, 5.41) is 2.20. The lowest BCUT2D eigenvalue weighted by Crippen LogP contribution is -2.14. The van der Waals surface area contributed by atoms with Gasteiger partial charge in [-0.05, 0) is 68.8 Å². The molecule has 7 aromatic rings. The molecule has 2 nitrogen and oxygen atoms in total. The lowest BCUT2D eigenvalue weighted by atomic mass is 9.82. The van der Waals surface area contributed by atoms with E-state index in [1.54, 1.807) is 0 Å². The van der Waals surface area contributed by atoms with Crippen LogP contribution in [0.15, 0.2) is 121 Å². The third kappa shape index (κ3) is 3.43. The molecule has 0 N–H and O–H groups in total. The van der Waals surface area contributed by atoms with Crippen molar-refractivity contribution in [3.8, 4) is 44.8 Å². The summed E-state index contributed by atoms with van der Waals surface area (Å²) in [6.07, 6.45) is 0. The maximum atomic E-state index is 5.28. The van der Waals surface area contributed by atoms with Gasteiger partial charge in [-0.2, -0.15) is 0 Å². The van der Waals surface area contributed by atoms with Gasteiger partial charge in [-0.15, -0.1) is 0 Å². The predicted octanol–water partition coefficient (Wildman–Crippen LogP) is 10.7. The van der Waals surface area contributed by atoms with E-state index in [1.165, 1.54) is 44.5 Å². The number of nitrogens with zero attached hydrogens (tertiary/aromatic N) is 2. The molecule has 0 atom stereocenters. The van der Waals surface area contributed by atoms with Gasteiger partial charge in [-0.25, -0.2) is 9.97 Å². The van der Waals surface area contributed by atoms with Crippen molar-refractivity contribution in [2.75, 3.05) is 0 Å². The molecule has 210 valence electrons. The van der Waals surface area contributed by atoms with Crippen LogP contribution in [0.4, 0.5) is 0 Å². The molecule has 0 radical (unpaired) electrons. The lowest BCUT2D eigenvalue weighted by Gasteiger charge is -2.22. The largest absolute Gasteiger partial charge is 0.245 e. The van der Waals surface area contributed by atoms with Crippen LogP contribution in [0.3, 0.4) is 0 Å². The van der Waals surface area contributed by atoms with Crippen LogP contribution in [0.1, 0.15) is 49.9 Å².